The van der Waals surface area contributed by atoms with Crippen LogP contribution >= 0.6 is 0 Å². The highest BCUT2D eigenvalue weighted by Crippen LogP contribution is 2.59. The molecule has 1 saturated heterocycles. The molecular weight excluding hydrogens is 368 g/mol. The molecule has 1 N–H and O–H groups in total. The molecule has 29 heavy (non-hydrogen) atoms. The summed E-state index contributed by atoms with van der Waals surface area (Å²) in [5.74, 6) is -0.0139. The van der Waals surface area contributed by atoms with Crippen molar-refractivity contribution in [2.75, 3.05) is 13.2 Å². The highest BCUT2D eigenvalue weighted by atomic mass is 16.5. The number of carbonyl (C=O) groups is 3. The Balaban J connectivity index is 1.45. The molecule has 0 radical (unpaired) electrons. The maximum absolute atomic E-state index is 13.1. The third kappa shape index (κ3) is 3.04. The summed E-state index contributed by atoms with van der Waals surface area (Å²) in [7, 11) is 0. The summed E-state index contributed by atoms with van der Waals surface area (Å²) in [6.45, 7) is 8.38. The molecule has 1 saturated carbocycles. The summed E-state index contributed by atoms with van der Waals surface area (Å²) in [4.78, 5) is 39.9. The SMILES string of the molecule is C[C@H](NC(=O)CN1C(=O)[C@H]2CC[C@@](C)(C1=O)C2(C)C)c1ccc2c(c1)CCCO2. The molecule has 3 atom stereocenters. The summed E-state index contributed by atoms with van der Waals surface area (Å²) in [5.41, 5.74) is 1.19. The summed E-state index contributed by atoms with van der Waals surface area (Å²) in [5, 5.41) is 2.95. The monoisotopic (exact) mass is 398 g/mol. The molecule has 2 heterocycles. The number of nitrogens with zero attached hydrogens (tertiary/aromatic N) is 1. The number of hydrogen-bond donors (Lipinski definition) is 1. The first-order valence-electron chi connectivity index (χ1n) is 10.6. The van der Waals surface area contributed by atoms with E-state index in [4.69, 9.17) is 4.74 Å². The van der Waals surface area contributed by atoms with E-state index in [0.29, 0.717) is 12.8 Å². The molecule has 3 amide bonds. The zero-order valence-electron chi connectivity index (χ0n) is 17.7. The molecule has 156 valence electrons. The molecule has 3 aliphatic rings. The number of nitrogens with one attached hydrogen (secondary N) is 1. The number of ether oxygens (including phenoxy) is 1. The number of imide groups is 1. The van der Waals surface area contributed by atoms with Gasteiger partial charge in [0.1, 0.15) is 12.3 Å². The van der Waals surface area contributed by atoms with Crippen molar-refractivity contribution in [1.29, 1.82) is 0 Å². The summed E-state index contributed by atoms with van der Waals surface area (Å²) < 4.78 is 5.65. The van der Waals surface area contributed by atoms with E-state index < -0.39 is 5.41 Å². The number of carbonyl (C=O) groups excluding carboxylic acids is 3. The van der Waals surface area contributed by atoms with Crippen molar-refractivity contribution in [2.45, 2.75) is 59.4 Å². The van der Waals surface area contributed by atoms with Gasteiger partial charge in [-0.05, 0) is 55.2 Å². The standard InChI is InChI=1S/C23H30N2O4/c1-14(15-7-8-18-16(12-15)6-5-11-29-18)24-19(26)13-25-20(27)17-9-10-23(4,21(25)28)22(17,2)3/h7-8,12,14,17H,5-6,9-11,13H2,1-4H3,(H,24,26)/t14-,17+,23-/m0/s1. The zero-order chi connectivity index (χ0) is 21.0. The number of rotatable bonds is 4. The number of fused-ring (bicyclic) bond motifs is 3. The smallest absolute Gasteiger partial charge is 0.240 e. The van der Waals surface area contributed by atoms with E-state index in [1.165, 1.54) is 4.90 Å². The van der Waals surface area contributed by atoms with Crippen LogP contribution in [-0.4, -0.2) is 35.8 Å². The van der Waals surface area contributed by atoms with Gasteiger partial charge < -0.3 is 10.1 Å². The minimum Gasteiger partial charge on any atom is -0.493 e. The van der Waals surface area contributed by atoms with Gasteiger partial charge >= 0.3 is 0 Å². The molecule has 0 unspecified atom stereocenters. The largest absolute Gasteiger partial charge is 0.493 e. The maximum atomic E-state index is 13.1. The molecule has 1 aromatic rings. The molecule has 6 heteroatoms. The number of hydrogen-bond acceptors (Lipinski definition) is 4. The average molecular weight is 399 g/mol. The van der Waals surface area contributed by atoms with E-state index in [-0.39, 0.29) is 41.6 Å². The summed E-state index contributed by atoms with van der Waals surface area (Å²) >= 11 is 0. The number of piperidine rings is 1. The predicted octanol–water partition coefficient (Wildman–Crippen LogP) is 3.00. The lowest BCUT2D eigenvalue weighted by molar-refractivity contribution is -0.169. The Morgan fingerprint density at radius 2 is 2.07 bits per heavy atom. The van der Waals surface area contributed by atoms with Crippen LogP contribution < -0.4 is 10.1 Å². The fourth-order valence-corrected chi connectivity index (χ4v) is 5.21. The third-order valence-corrected chi connectivity index (χ3v) is 7.62. The fraction of sp³-hybridized carbons (Fsp3) is 0.609. The van der Waals surface area contributed by atoms with Gasteiger partial charge in [-0.3, -0.25) is 19.3 Å². The van der Waals surface area contributed by atoms with Crippen LogP contribution in [0.4, 0.5) is 0 Å². The lowest BCUT2D eigenvalue weighted by Gasteiger charge is -2.47. The molecule has 2 fully saturated rings. The predicted molar refractivity (Wildman–Crippen MR) is 108 cm³/mol. The van der Waals surface area contributed by atoms with Crippen molar-refractivity contribution in [3.63, 3.8) is 0 Å². The molecule has 2 bridgehead atoms. The average Bonchev–Trinajstić information content (AvgIpc) is 2.88. The minimum atomic E-state index is -0.587. The van der Waals surface area contributed by atoms with E-state index in [9.17, 15) is 14.4 Å². The van der Waals surface area contributed by atoms with Crippen molar-refractivity contribution < 1.29 is 19.1 Å². The Morgan fingerprint density at radius 1 is 1.31 bits per heavy atom. The van der Waals surface area contributed by atoms with Gasteiger partial charge in [-0.25, -0.2) is 0 Å². The highest BCUT2D eigenvalue weighted by Gasteiger charge is 2.64. The first-order valence-corrected chi connectivity index (χ1v) is 10.6. The second-order valence-corrected chi connectivity index (χ2v) is 9.48. The number of amides is 3. The van der Waals surface area contributed by atoms with Crippen LogP contribution in [0.1, 0.15) is 64.1 Å². The second-order valence-electron chi connectivity index (χ2n) is 9.48. The van der Waals surface area contributed by atoms with Crippen LogP contribution in [0.5, 0.6) is 5.75 Å². The van der Waals surface area contributed by atoms with E-state index in [1.54, 1.807) is 0 Å². The van der Waals surface area contributed by atoms with E-state index >= 15 is 0 Å². The van der Waals surface area contributed by atoms with Gasteiger partial charge in [0.05, 0.1) is 18.1 Å². The molecule has 1 aliphatic carbocycles. The van der Waals surface area contributed by atoms with Crippen molar-refractivity contribution in [1.82, 2.24) is 10.2 Å². The Labute approximate surface area is 172 Å². The van der Waals surface area contributed by atoms with Gasteiger partial charge in [0.2, 0.25) is 17.7 Å². The van der Waals surface area contributed by atoms with Crippen molar-refractivity contribution in [2.24, 2.45) is 16.7 Å². The second kappa shape index (κ2) is 6.85. The van der Waals surface area contributed by atoms with E-state index in [0.717, 1.165) is 36.3 Å². The third-order valence-electron chi connectivity index (χ3n) is 7.62. The Morgan fingerprint density at radius 3 is 2.83 bits per heavy atom. The number of likely N-dealkylation sites (tertiary alicyclic amines) is 1. The van der Waals surface area contributed by atoms with Gasteiger partial charge in [-0.2, -0.15) is 0 Å². The van der Waals surface area contributed by atoms with Crippen LogP contribution in [0.3, 0.4) is 0 Å². The molecular formula is C23H30N2O4. The van der Waals surface area contributed by atoms with Crippen LogP contribution in [-0.2, 0) is 20.8 Å². The van der Waals surface area contributed by atoms with Gasteiger partial charge in [0.15, 0.2) is 0 Å². The Hall–Kier alpha value is -2.37. The summed E-state index contributed by atoms with van der Waals surface area (Å²) in [6, 6.07) is 5.76. The lowest BCUT2D eigenvalue weighted by atomic mass is 9.62. The Kier molecular flexibility index (Phi) is 4.71. The molecule has 4 rings (SSSR count). The molecule has 6 nitrogen and oxygen atoms in total. The molecule has 0 spiro atoms. The van der Waals surface area contributed by atoms with Crippen LogP contribution in [0.25, 0.3) is 0 Å². The number of benzene rings is 1. The highest BCUT2D eigenvalue weighted by molar-refractivity contribution is 6.06. The zero-order valence-corrected chi connectivity index (χ0v) is 17.7. The van der Waals surface area contributed by atoms with Gasteiger partial charge in [-0.15, -0.1) is 0 Å². The van der Waals surface area contributed by atoms with Crippen LogP contribution in [0.15, 0.2) is 18.2 Å². The topological polar surface area (TPSA) is 75.7 Å². The van der Waals surface area contributed by atoms with Gasteiger partial charge in [0.25, 0.3) is 0 Å². The maximum Gasteiger partial charge on any atom is 0.240 e. The molecule has 1 aromatic carbocycles. The van der Waals surface area contributed by atoms with E-state index in [1.807, 2.05) is 39.8 Å². The van der Waals surface area contributed by atoms with Gasteiger partial charge in [0, 0.05) is 5.92 Å². The first kappa shape index (κ1) is 19.9. The summed E-state index contributed by atoms with van der Waals surface area (Å²) in [6.07, 6.45) is 3.36. The van der Waals surface area contributed by atoms with Crippen LogP contribution in [0, 0.1) is 16.7 Å². The minimum absolute atomic E-state index is 0.198. The normalized spacial score (nSPS) is 28.6. The Bertz CT molecular complexity index is 878. The van der Waals surface area contributed by atoms with Gasteiger partial charge in [-0.1, -0.05) is 32.9 Å². The fourth-order valence-electron chi connectivity index (χ4n) is 5.21. The van der Waals surface area contributed by atoms with Crippen LogP contribution in [0.2, 0.25) is 0 Å². The van der Waals surface area contributed by atoms with E-state index in [2.05, 4.69) is 11.4 Å². The lowest BCUT2D eigenvalue weighted by Crippen LogP contribution is -2.60. The van der Waals surface area contributed by atoms with Crippen molar-refractivity contribution in [3.05, 3.63) is 29.3 Å². The number of aryl methyl sites for hydroxylation is 1. The van der Waals surface area contributed by atoms with Crippen molar-refractivity contribution in [3.8, 4) is 5.75 Å². The quantitative estimate of drug-likeness (QED) is 0.791. The molecule has 0 aromatic heterocycles. The first-order chi connectivity index (χ1) is 13.6. The van der Waals surface area contributed by atoms with Crippen molar-refractivity contribution >= 4 is 17.7 Å². The molecule has 2 aliphatic heterocycles.